The van der Waals surface area contributed by atoms with Crippen molar-refractivity contribution < 1.29 is 9.53 Å². The fraction of sp³-hybridized carbons (Fsp3) is 0.200. The van der Waals surface area contributed by atoms with Gasteiger partial charge in [-0.1, -0.05) is 23.7 Å². The fourth-order valence-corrected chi connectivity index (χ4v) is 1.86. The topological polar surface area (TPSA) is 51.2 Å². The second-order valence-corrected chi connectivity index (χ2v) is 4.49. The zero-order valence-electron chi connectivity index (χ0n) is 11.1. The van der Waals surface area contributed by atoms with Crippen LogP contribution in [0.25, 0.3) is 0 Å². The van der Waals surface area contributed by atoms with Crippen molar-refractivity contribution in [1.82, 2.24) is 4.98 Å². The first-order valence-electron chi connectivity index (χ1n) is 6.29. The molecular weight excluding hydrogens is 276 g/mol. The van der Waals surface area contributed by atoms with Gasteiger partial charge in [0, 0.05) is 18.5 Å². The van der Waals surface area contributed by atoms with Gasteiger partial charge in [-0.2, -0.15) is 0 Å². The van der Waals surface area contributed by atoms with Crippen molar-refractivity contribution in [2.45, 2.75) is 13.5 Å². The van der Waals surface area contributed by atoms with Gasteiger partial charge in [0.1, 0.15) is 5.15 Å². The molecule has 1 N–H and O–H groups in total. The Hall–Kier alpha value is -1.91. The molecule has 5 heteroatoms. The number of anilines is 1. The summed E-state index contributed by atoms with van der Waals surface area (Å²) in [5.41, 5.74) is 2.12. The van der Waals surface area contributed by atoms with Gasteiger partial charge < -0.3 is 10.1 Å². The van der Waals surface area contributed by atoms with Crippen LogP contribution in [0.3, 0.4) is 0 Å². The van der Waals surface area contributed by atoms with E-state index in [1.165, 1.54) is 0 Å². The highest BCUT2D eigenvalue weighted by atomic mass is 35.5. The number of halogens is 1. The molecule has 20 heavy (non-hydrogen) atoms. The number of amides is 1. The molecule has 0 spiro atoms. The number of carbonyl (C=O) groups excluding carboxylic acids is 1. The van der Waals surface area contributed by atoms with Crippen LogP contribution in [0.2, 0.25) is 5.15 Å². The number of hydrogen-bond donors (Lipinski definition) is 1. The van der Waals surface area contributed by atoms with E-state index in [1.54, 1.807) is 18.3 Å². The molecule has 0 aliphatic rings. The van der Waals surface area contributed by atoms with Crippen LogP contribution in [0, 0.1) is 0 Å². The summed E-state index contributed by atoms with van der Waals surface area (Å²) in [7, 11) is 0. The summed E-state index contributed by atoms with van der Waals surface area (Å²) in [5, 5.41) is 2.97. The molecular formula is C15H15ClN2O2. The van der Waals surface area contributed by atoms with E-state index < -0.39 is 0 Å². The Morgan fingerprint density at radius 3 is 2.70 bits per heavy atom. The largest absolute Gasteiger partial charge is 0.377 e. The third kappa shape index (κ3) is 3.79. The lowest BCUT2D eigenvalue weighted by atomic mass is 10.2. The lowest BCUT2D eigenvalue weighted by molar-refractivity contribution is 0.102. The standard InChI is InChI=1S/C15H15ClN2O2/c1-2-20-10-11-5-7-12(8-6-11)18-15(19)13-4-3-9-17-14(13)16/h3-9H,2,10H2,1H3,(H,18,19). The third-order valence-corrected chi connectivity index (χ3v) is 2.99. The molecule has 0 saturated heterocycles. The molecule has 0 radical (unpaired) electrons. The number of pyridine rings is 1. The first-order valence-corrected chi connectivity index (χ1v) is 6.67. The molecule has 2 aromatic rings. The molecule has 0 aliphatic heterocycles. The first kappa shape index (κ1) is 14.5. The Kier molecular flexibility index (Phi) is 5.09. The van der Waals surface area contributed by atoms with E-state index in [9.17, 15) is 4.79 Å². The molecule has 0 atom stereocenters. The van der Waals surface area contributed by atoms with E-state index in [-0.39, 0.29) is 11.1 Å². The summed E-state index contributed by atoms with van der Waals surface area (Å²) >= 11 is 5.88. The van der Waals surface area contributed by atoms with E-state index in [0.717, 1.165) is 5.56 Å². The zero-order chi connectivity index (χ0) is 14.4. The second kappa shape index (κ2) is 7.03. The summed E-state index contributed by atoms with van der Waals surface area (Å²) in [6.07, 6.45) is 1.54. The predicted molar refractivity (Wildman–Crippen MR) is 79.0 cm³/mol. The minimum Gasteiger partial charge on any atom is -0.377 e. The molecule has 1 aromatic heterocycles. The number of ether oxygens (including phenoxy) is 1. The van der Waals surface area contributed by atoms with Gasteiger partial charge in [-0.25, -0.2) is 4.98 Å². The molecule has 1 amide bonds. The molecule has 2 rings (SSSR count). The van der Waals surface area contributed by atoms with E-state index in [0.29, 0.717) is 24.5 Å². The van der Waals surface area contributed by atoms with Crippen molar-refractivity contribution in [1.29, 1.82) is 0 Å². The minimum absolute atomic E-state index is 0.193. The Morgan fingerprint density at radius 2 is 2.05 bits per heavy atom. The van der Waals surface area contributed by atoms with E-state index in [4.69, 9.17) is 16.3 Å². The van der Waals surface area contributed by atoms with E-state index in [1.807, 2.05) is 31.2 Å². The monoisotopic (exact) mass is 290 g/mol. The highest BCUT2D eigenvalue weighted by Crippen LogP contribution is 2.15. The van der Waals surface area contributed by atoms with Crippen LogP contribution in [0.1, 0.15) is 22.8 Å². The zero-order valence-corrected chi connectivity index (χ0v) is 11.9. The van der Waals surface area contributed by atoms with Gasteiger partial charge in [-0.15, -0.1) is 0 Å². The molecule has 0 bridgehead atoms. The average molecular weight is 291 g/mol. The normalized spacial score (nSPS) is 10.3. The number of aromatic nitrogens is 1. The predicted octanol–water partition coefficient (Wildman–Crippen LogP) is 3.52. The number of benzene rings is 1. The SMILES string of the molecule is CCOCc1ccc(NC(=O)c2cccnc2Cl)cc1. The highest BCUT2D eigenvalue weighted by Gasteiger charge is 2.10. The van der Waals surface area contributed by atoms with Crippen LogP contribution in [0.5, 0.6) is 0 Å². The van der Waals surface area contributed by atoms with Crippen molar-refractivity contribution in [3.8, 4) is 0 Å². The molecule has 0 saturated carbocycles. The maximum absolute atomic E-state index is 12.0. The van der Waals surface area contributed by atoms with Crippen LogP contribution in [0.15, 0.2) is 42.6 Å². The molecule has 0 unspecified atom stereocenters. The van der Waals surface area contributed by atoms with Gasteiger partial charge in [0.2, 0.25) is 0 Å². The maximum atomic E-state index is 12.0. The van der Waals surface area contributed by atoms with Crippen LogP contribution < -0.4 is 5.32 Å². The van der Waals surface area contributed by atoms with Crippen molar-refractivity contribution in [3.05, 3.63) is 58.9 Å². The van der Waals surface area contributed by atoms with E-state index in [2.05, 4.69) is 10.3 Å². The summed E-state index contributed by atoms with van der Waals surface area (Å²) in [4.78, 5) is 15.9. The molecule has 104 valence electrons. The van der Waals surface area contributed by atoms with Crippen molar-refractivity contribution in [2.75, 3.05) is 11.9 Å². The van der Waals surface area contributed by atoms with E-state index >= 15 is 0 Å². The van der Waals surface area contributed by atoms with Crippen molar-refractivity contribution in [2.24, 2.45) is 0 Å². The number of carbonyl (C=O) groups is 1. The average Bonchev–Trinajstić information content (AvgIpc) is 2.47. The molecule has 0 aliphatic carbocycles. The molecule has 0 fully saturated rings. The Bertz CT molecular complexity index is 585. The first-order chi connectivity index (χ1) is 9.70. The van der Waals surface area contributed by atoms with Crippen LogP contribution in [0.4, 0.5) is 5.69 Å². The summed E-state index contributed by atoms with van der Waals surface area (Å²) in [5.74, 6) is -0.277. The van der Waals surface area contributed by atoms with Crippen LogP contribution in [-0.2, 0) is 11.3 Å². The van der Waals surface area contributed by atoms with Crippen molar-refractivity contribution >= 4 is 23.2 Å². The lowest BCUT2D eigenvalue weighted by Gasteiger charge is -2.07. The number of rotatable bonds is 5. The van der Waals surface area contributed by atoms with Gasteiger partial charge in [-0.3, -0.25) is 4.79 Å². The van der Waals surface area contributed by atoms with Crippen LogP contribution >= 0.6 is 11.6 Å². The maximum Gasteiger partial charge on any atom is 0.258 e. The highest BCUT2D eigenvalue weighted by molar-refractivity contribution is 6.33. The number of hydrogen-bond acceptors (Lipinski definition) is 3. The quantitative estimate of drug-likeness (QED) is 0.857. The molecule has 1 heterocycles. The van der Waals surface area contributed by atoms with Gasteiger partial charge in [0.15, 0.2) is 0 Å². The summed E-state index contributed by atoms with van der Waals surface area (Å²) in [6, 6.07) is 10.8. The minimum atomic E-state index is -0.277. The van der Waals surface area contributed by atoms with Gasteiger partial charge in [-0.05, 0) is 36.8 Å². The molecule has 1 aromatic carbocycles. The Labute approximate surface area is 122 Å². The smallest absolute Gasteiger partial charge is 0.258 e. The van der Waals surface area contributed by atoms with Gasteiger partial charge >= 0.3 is 0 Å². The summed E-state index contributed by atoms with van der Waals surface area (Å²) < 4.78 is 5.31. The van der Waals surface area contributed by atoms with Crippen LogP contribution in [-0.4, -0.2) is 17.5 Å². The third-order valence-electron chi connectivity index (χ3n) is 2.69. The van der Waals surface area contributed by atoms with Gasteiger partial charge in [0.05, 0.1) is 12.2 Å². The number of nitrogens with one attached hydrogen (secondary N) is 1. The second-order valence-electron chi connectivity index (χ2n) is 4.13. The number of nitrogens with zero attached hydrogens (tertiary/aromatic N) is 1. The summed E-state index contributed by atoms with van der Waals surface area (Å²) in [6.45, 7) is 3.20. The Balaban J connectivity index is 2.03. The Morgan fingerprint density at radius 1 is 1.30 bits per heavy atom. The lowest BCUT2D eigenvalue weighted by Crippen LogP contribution is -2.12. The molecule has 4 nitrogen and oxygen atoms in total. The van der Waals surface area contributed by atoms with Gasteiger partial charge in [0.25, 0.3) is 5.91 Å². The van der Waals surface area contributed by atoms with Crippen molar-refractivity contribution in [3.63, 3.8) is 0 Å². The fourth-order valence-electron chi connectivity index (χ4n) is 1.66.